The van der Waals surface area contributed by atoms with Gasteiger partial charge in [0.25, 0.3) is 0 Å². The Kier molecular flexibility index (Phi) is 5.12. The van der Waals surface area contributed by atoms with Gasteiger partial charge in [-0.3, -0.25) is 0 Å². The largest absolute Gasteiger partial charge is 0.389 e. The van der Waals surface area contributed by atoms with Crippen molar-refractivity contribution in [1.29, 1.82) is 0 Å². The van der Waals surface area contributed by atoms with Gasteiger partial charge in [0, 0.05) is 11.6 Å². The van der Waals surface area contributed by atoms with Crippen molar-refractivity contribution < 1.29 is 18.6 Å². The second-order valence-corrected chi connectivity index (χ2v) is 6.72. The van der Waals surface area contributed by atoms with Gasteiger partial charge in [-0.05, 0) is 11.1 Å². The average molecular weight is 323 g/mol. The summed E-state index contributed by atoms with van der Waals surface area (Å²) in [6.07, 6.45) is -0.917. The molecule has 0 bridgehead atoms. The van der Waals surface area contributed by atoms with Crippen molar-refractivity contribution in [3.8, 4) is 0 Å². The monoisotopic (exact) mass is 322 g/mol. The van der Waals surface area contributed by atoms with E-state index < -0.39 is 22.0 Å². The fourth-order valence-corrected chi connectivity index (χ4v) is 2.71. The number of hydrogen-bond donors (Lipinski definition) is 2. The Bertz CT molecular complexity index is 472. The Morgan fingerprint density at radius 1 is 1.29 bits per heavy atom. The van der Waals surface area contributed by atoms with E-state index in [1.807, 2.05) is 0 Å². The number of rotatable bonds is 5. The molecule has 0 aliphatic heterocycles. The lowest BCUT2D eigenvalue weighted by Crippen LogP contribution is -2.21. The molecule has 0 saturated carbocycles. The molecule has 1 aromatic rings. The molecule has 0 fully saturated rings. The number of benzene rings is 1. The normalized spacial score (nSPS) is 15.5. The number of halogens is 1. The van der Waals surface area contributed by atoms with Crippen LogP contribution in [0.2, 0.25) is 0 Å². The first kappa shape index (κ1) is 14.6. The highest BCUT2D eigenvalue weighted by Gasteiger charge is 2.21. The highest BCUT2D eigenvalue weighted by atomic mass is 79.9. The second kappa shape index (κ2) is 5.95. The van der Waals surface area contributed by atoms with E-state index in [2.05, 4.69) is 15.9 Å². The van der Waals surface area contributed by atoms with Crippen molar-refractivity contribution in [3.63, 3.8) is 0 Å². The molecule has 1 rings (SSSR count). The van der Waals surface area contributed by atoms with E-state index in [9.17, 15) is 18.6 Å². The molecule has 6 heteroatoms. The Morgan fingerprint density at radius 3 is 2.41 bits per heavy atom. The summed E-state index contributed by atoms with van der Waals surface area (Å²) in [4.78, 5) is 0. The Labute approximate surface area is 109 Å². The first-order chi connectivity index (χ1) is 7.85. The Morgan fingerprint density at radius 2 is 1.88 bits per heavy atom. The van der Waals surface area contributed by atoms with Crippen LogP contribution >= 0.6 is 15.9 Å². The van der Waals surface area contributed by atoms with Gasteiger partial charge >= 0.3 is 0 Å². The minimum atomic E-state index is -3.17. The summed E-state index contributed by atoms with van der Waals surface area (Å²) in [5.41, 5.74) is 0.965. The predicted octanol–water partition coefficient (Wildman–Crippen LogP) is 1.02. The minimum Gasteiger partial charge on any atom is -0.389 e. The summed E-state index contributed by atoms with van der Waals surface area (Å²) >= 11 is 3.07. The van der Waals surface area contributed by atoms with Crippen molar-refractivity contribution in [1.82, 2.24) is 0 Å². The zero-order valence-corrected chi connectivity index (χ0v) is 11.8. The maximum atomic E-state index is 11.3. The van der Waals surface area contributed by atoms with Gasteiger partial charge in [0.05, 0.1) is 11.9 Å². The first-order valence-corrected chi connectivity index (χ1v) is 8.21. The maximum Gasteiger partial charge on any atom is 0.151 e. The molecule has 0 aromatic heterocycles. The topological polar surface area (TPSA) is 74.6 Å². The third-order valence-corrected chi connectivity index (χ3v) is 3.81. The number of hydrogen-bond acceptors (Lipinski definition) is 4. The molecule has 96 valence electrons. The molecule has 0 heterocycles. The smallest absolute Gasteiger partial charge is 0.151 e. The zero-order valence-electron chi connectivity index (χ0n) is 9.38. The fraction of sp³-hybridized carbons (Fsp3) is 0.455. The van der Waals surface area contributed by atoms with Gasteiger partial charge in [0.2, 0.25) is 0 Å². The number of aliphatic hydroxyl groups excluding tert-OH is 2. The second-order valence-electron chi connectivity index (χ2n) is 3.94. The lowest BCUT2D eigenvalue weighted by molar-refractivity contribution is 0.0338. The van der Waals surface area contributed by atoms with Crippen LogP contribution in [0.5, 0.6) is 0 Å². The van der Waals surface area contributed by atoms with Crippen LogP contribution in [-0.2, 0) is 15.6 Å². The Hall–Kier alpha value is -0.430. The van der Waals surface area contributed by atoms with Gasteiger partial charge in [-0.25, -0.2) is 8.42 Å². The van der Waals surface area contributed by atoms with Crippen molar-refractivity contribution in [2.45, 2.75) is 18.0 Å². The average Bonchev–Trinajstić information content (AvgIpc) is 2.25. The van der Waals surface area contributed by atoms with Gasteiger partial charge in [-0.1, -0.05) is 40.2 Å². The number of aliphatic hydroxyl groups is 2. The van der Waals surface area contributed by atoms with Crippen molar-refractivity contribution in [2.75, 3.05) is 11.6 Å². The van der Waals surface area contributed by atoms with Gasteiger partial charge < -0.3 is 10.2 Å². The molecule has 0 spiro atoms. The standard InChI is InChI=1S/C11H15BrO4S/c1-17(15,16)7-8-4-2-3-5-9(8)11(14)10(13)6-12/h2-5,10-11,13-14H,6-7H2,1H3. The molecule has 2 N–H and O–H groups in total. The third kappa shape index (κ3) is 4.39. The van der Waals surface area contributed by atoms with E-state index in [0.717, 1.165) is 6.26 Å². The molecule has 2 unspecified atom stereocenters. The van der Waals surface area contributed by atoms with E-state index in [1.165, 1.54) is 0 Å². The van der Waals surface area contributed by atoms with Crippen LogP contribution < -0.4 is 0 Å². The van der Waals surface area contributed by atoms with Gasteiger partial charge in [0.15, 0.2) is 9.84 Å². The molecule has 0 aliphatic carbocycles. The minimum absolute atomic E-state index is 0.144. The molecule has 1 aromatic carbocycles. The van der Waals surface area contributed by atoms with Crippen molar-refractivity contribution in [3.05, 3.63) is 35.4 Å². The van der Waals surface area contributed by atoms with Crippen LogP contribution in [0.15, 0.2) is 24.3 Å². The molecular formula is C11H15BrO4S. The van der Waals surface area contributed by atoms with Crippen LogP contribution in [0, 0.1) is 0 Å². The summed E-state index contributed by atoms with van der Waals surface area (Å²) in [5, 5.41) is 19.7. The summed E-state index contributed by atoms with van der Waals surface area (Å²) in [5.74, 6) is -0.144. The molecular weight excluding hydrogens is 308 g/mol. The number of alkyl halides is 1. The van der Waals surface area contributed by atoms with Crippen LogP contribution in [0.4, 0.5) is 0 Å². The van der Waals surface area contributed by atoms with E-state index in [1.54, 1.807) is 24.3 Å². The van der Waals surface area contributed by atoms with Crippen LogP contribution in [0.25, 0.3) is 0 Å². The van der Waals surface area contributed by atoms with E-state index >= 15 is 0 Å². The molecule has 0 radical (unpaired) electrons. The van der Waals surface area contributed by atoms with E-state index in [-0.39, 0.29) is 11.1 Å². The van der Waals surface area contributed by atoms with E-state index in [0.29, 0.717) is 11.1 Å². The summed E-state index contributed by atoms with van der Waals surface area (Å²) in [6, 6.07) is 6.67. The third-order valence-electron chi connectivity index (χ3n) is 2.31. The number of sulfone groups is 1. The molecule has 0 amide bonds. The highest BCUT2D eigenvalue weighted by molar-refractivity contribution is 9.09. The zero-order chi connectivity index (χ0) is 13.1. The fourth-order valence-electron chi connectivity index (χ4n) is 1.53. The van der Waals surface area contributed by atoms with Gasteiger partial charge in [-0.15, -0.1) is 0 Å². The summed E-state index contributed by atoms with van der Waals surface area (Å²) in [7, 11) is -3.17. The quantitative estimate of drug-likeness (QED) is 0.794. The van der Waals surface area contributed by atoms with Crippen LogP contribution in [-0.4, -0.2) is 36.3 Å². The highest BCUT2D eigenvalue weighted by Crippen LogP contribution is 2.23. The van der Waals surface area contributed by atoms with Crippen molar-refractivity contribution in [2.24, 2.45) is 0 Å². The SMILES string of the molecule is CS(=O)(=O)Cc1ccccc1C(O)C(O)CBr. The molecule has 2 atom stereocenters. The van der Waals surface area contributed by atoms with Crippen LogP contribution in [0.3, 0.4) is 0 Å². The van der Waals surface area contributed by atoms with Crippen LogP contribution in [0.1, 0.15) is 17.2 Å². The summed E-state index contributed by atoms with van der Waals surface area (Å²) in [6.45, 7) is 0. The maximum absolute atomic E-state index is 11.3. The molecule has 0 saturated heterocycles. The van der Waals surface area contributed by atoms with Crippen molar-refractivity contribution >= 4 is 25.8 Å². The molecule has 17 heavy (non-hydrogen) atoms. The predicted molar refractivity (Wildman–Crippen MR) is 69.8 cm³/mol. The molecule has 4 nitrogen and oxygen atoms in total. The van der Waals surface area contributed by atoms with E-state index in [4.69, 9.17) is 0 Å². The van der Waals surface area contributed by atoms with Gasteiger partial charge in [0.1, 0.15) is 6.10 Å². The Balaban J connectivity index is 3.07. The lowest BCUT2D eigenvalue weighted by Gasteiger charge is -2.18. The lowest BCUT2D eigenvalue weighted by atomic mass is 10.0. The first-order valence-electron chi connectivity index (χ1n) is 5.03. The van der Waals surface area contributed by atoms with Gasteiger partial charge in [-0.2, -0.15) is 0 Å². The summed E-state index contributed by atoms with van der Waals surface area (Å²) < 4.78 is 22.5. The molecule has 0 aliphatic rings.